The lowest BCUT2D eigenvalue weighted by Crippen LogP contribution is -2.48. The molecule has 0 aliphatic carbocycles. The molecule has 9 nitrogen and oxygen atoms in total. The van der Waals surface area contributed by atoms with Crippen molar-refractivity contribution >= 4 is 11.9 Å². The van der Waals surface area contributed by atoms with Crippen LogP contribution in [0, 0.1) is 5.92 Å². The lowest BCUT2D eigenvalue weighted by atomic mass is 10.2. The van der Waals surface area contributed by atoms with Gasteiger partial charge in [-0.25, -0.2) is 9.97 Å². The number of rotatable bonds is 10. The van der Waals surface area contributed by atoms with Gasteiger partial charge in [0.1, 0.15) is 0 Å². The molecule has 1 unspecified atom stereocenters. The lowest BCUT2D eigenvalue weighted by Gasteiger charge is -2.34. The van der Waals surface area contributed by atoms with Gasteiger partial charge in [-0.2, -0.15) is 0 Å². The van der Waals surface area contributed by atoms with Gasteiger partial charge in [0.2, 0.25) is 5.95 Å². The molecule has 2 aliphatic heterocycles. The molecular formula is C23H42N8O. The third-order valence-electron chi connectivity index (χ3n) is 5.79. The summed E-state index contributed by atoms with van der Waals surface area (Å²) < 4.78 is 5.94. The second-order valence-corrected chi connectivity index (χ2v) is 9.02. The highest BCUT2D eigenvalue weighted by atomic mass is 16.5. The molecule has 0 spiro atoms. The van der Waals surface area contributed by atoms with Crippen molar-refractivity contribution in [2.24, 2.45) is 10.9 Å². The van der Waals surface area contributed by atoms with E-state index in [1.165, 1.54) is 0 Å². The van der Waals surface area contributed by atoms with Crippen LogP contribution in [0.3, 0.4) is 0 Å². The van der Waals surface area contributed by atoms with E-state index in [0.717, 1.165) is 90.4 Å². The predicted octanol–water partition coefficient (Wildman–Crippen LogP) is 0.901. The standard InChI is InChI=1S/C23H42N8O/c1-4-24-22(28-17-21-19-30(15-16-32-21)18-20(2)3)25-9-6-10-29-11-13-31(14-12-29)23-26-7-5-8-27-23/h5,7-8,20-21H,4,6,9-19H2,1-3H3,(H2,24,25,28). The number of hydrogen-bond donors (Lipinski definition) is 2. The molecule has 2 aliphatic rings. The summed E-state index contributed by atoms with van der Waals surface area (Å²) >= 11 is 0. The summed E-state index contributed by atoms with van der Waals surface area (Å²) in [6.45, 7) is 18.2. The minimum Gasteiger partial charge on any atom is -0.374 e. The fourth-order valence-corrected chi connectivity index (χ4v) is 4.24. The summed E-state index contributed by atoms with van der Waals surface area (Å²) in [7, 11) is 0. The van der Waals surface area contributed by atoms with Crippen molar-refractivity contribution in [1.29, 1.82) is 0 Å². The number of aliphatic imine (C=N–C) groups is 1. The van der Waals surface area contributed by atoms with Crippen LogP contribution >= 0.6 is 0 Å². The molecule has 1 aromatic rings. The van der Waals surface area contributed by atoms with E-state index in [1.54, 1.807) is 0 Å². The molecule has 0 amide bonds. The van der Waals surface area contributed by atoms with Gasteiger partial charge < -0.3 is 20.3 Å². The van der Waals surface area contributed by atoms with Crippen LogP contribution in [0.2, 0.25) is 0 Å². The van der Waals surface area contributed by atoms with E-state index in [9.17, 15) is 0 Å². The van der Waals surface area contributed by atoms with Gasteiger partial charge in [-0.3, -0.25) is 14.8 Å². The third-order valence-corrected chi connectivity index (χ3v) is 5.79. The molecule has 32 heavy (non-hydrogen) atoms. The fourth-order valence-electron chi connectivity index (χ4n) is 4.24. The van der Waals surface area contributed by atoms with Gasteiger partial charge in [-0.05, 0) is 31.9 Å². The Labute approximate surface area is 193 Å². The quantitative estimate of drug-likeness (QED) is 0.312. The number of nitrogens with one attached hydrogen (secondary N) is 2. The maximum Gasteiger partial charge on any atom is 0.225 e. The van der Waals surface area contributed by atoms with Crippen molar-refractivity contribution in [1.82, 2.24) is 30.4 Å². The number of anilines is 1. The van der Waals surface area contributed by atoms with Crippen molar-refractivity contribution in [3.05, 3.63) is 18.5 Å². The highest BCUT2D eigenvalue weighted by Gasteiger charge is 2.21. The first-order valence-corrected chi connectivity index (χ1v) is 12.2. The minimum absolute atomic E-state index is 0.183. The lowest BCUT2D eigenvalue weighted by molar-refractivity contribution is -0.0261. The maximum absolute atomic E-state index is 5.94. The Kier molecular flexibility index (Phi) is 10.4. The van der Waals surface area contributed by atoms with Crippen molar-refractivity contribution in [2.45, 2.75) is 33.3 Å². The maximum atomic E-state index is 5.94. The molecule has 3 heterocycles. The summed E-state index contributed by atoms with van der Waals surface area (Å²) in [6, 6.07) is 1.86. The van der Waals surface area contributed by atoms with E-state index in [0.29, 0.717) is 12.5 Å². The van der Waals surface area contributed by atoms with E-state index in [-0.39, 0.29) is 6.10 Å². The predicted molar refractivity (Wildman–Crippen MR) is 130 cm³/mol. The van der Waals surface area contributed by atoms with Crippen LogP contribution in [0.15, 0.2) is 23.5 Å². The molecule has 9 heteroatoms. The summed E-state index contributed by atoms with van der Waals surface area (Å²) in [6.07, 6.45) is 4.90. The topological polar surface area (TPSA) is 81.2 Å². The van der Waals surface area contributed by atoms with Gasteiger partial charge in [0.25, 0.3) is 0 Å². The zero-order valence-corrected chi connectivity index (χ0v) is 20.2. The smallest absolute Gasteiger partial charge is 0.225 e. The highest BCUT2D eigenvalue weighted by molar-refractivity contribution is 5.79. The second kappa shape index (κ2) is 13.5. The van der Waals surface area contributed by atoms with Crippen LogP contribution in [-0.4, -0.2) is 110 Å². The van der Waals surface area contributed by atoms with Crippen molar-refractivity contribution in [3.63, 3.8) is 0 Å². The molecular weight excluding hydrogens is 404 g/mol. The van der Waals surface area contributed by atoms with Gasteiger partial charge in [0.15, 0.2) is 5.96 Å². The van der Waals surface area contributed by atoms with Crippen molar-refractivity contribution in [2.75, 3.05) is 83.5 Å². The van der Waals surface area contributed by atoms with E-state index < -0.39 is 0 Å². The van der Waals surface area contributed by atoms with Crippen molar-refractivity contribution < 1.29 is 4.74 Å². The van der Waals surface area contributed by atoms with Crippen LogP contribution in [-0.2, 0) is 4.74 Å². The van der Waals surface area contributed by atoms with Crippen molar-refractivity contribution in [3.8, 4) is 0 Å². The Bertz CT molecular complexity index is 663. The van der Waals surface area contributed by atoms with Crippen LogP contribution in [0.1, 0.15) is 27.2 Å². The Morgan fingerprint density at radius 1 is 1.12 bits per heavy atom. The summed E-state index contributed by atoms with van der Waals surface area (Å²) in [5.41, 5.74) is 0. The van der Waals surface area contributed by atoms with Gasteiger partial charge >= 0.3 is 0 Å². The first-order valence-electron chi connectivity index (χ1n) is 12.2. The van der Waals surface area contributed by atoms with Crippen LogP contribution in [0.25, 0.3) is 0 Å². The third kappa shape index (κ3) is 8.52. The molecule has 2 N–H and O–H groups in total. The summed E-state index contributed by atoms with van der Waals surface area (Å²) in [5.74, 6) is 2.42. The Hall–Kier alpha value is -1.97. The number of nitrogens with zero attached hydrogens (tertiary/aromatic N) is 6. The van der Waals surface area contributed by atoms with Gasteiger partial charge in [-0.1, -0.05) is 13.8 Å². The van der Waals surface area contributed by atoms with E-state index in [2.05, 4.69) is 56.1 Å². The number of ether oxygens (including phenoxy) is 1. The Morgan fingerprint density at radius 3 is 2.62 bits per heavy atom. The molecule has 0 bridgehead atoms. The summed E-state index contributed by atoms with van der Waals surface area (Å²) in [5, 5.41) is 6.85. The largest absolute Gasteiger partial charge is 0.374 e. The summed E-state index contributed by atoms with van der Waals surface area (Å²) in [4.78, 5) is 20.8. The van der Waals surface area contributed by atoms with Gasteiger partial charge in [0, 0.05) is 71.3 Å². The Balaban J connectivity index is 1.33. The number of guanidine groups is 1. The number of aromatic nitrogens is 2. The highest BCUT2D eigenvalue weighted by Crippen LogP contribution is 2.10. The average Bonchev–Trinajstić information content (AvgIpc) is 2.81. The number of piperazine rings is 1. The molecule has 0 saturated carbocycles. The average molecular weight is 447 g/mol. The van der Waals surface area contributed by atoms with Crippen LogP contribution < -0.4 is 15.5 Å². The molecule has 2 fully saturated rings. The normalized spacial score (nSPS) is 21.2. The Morgan fingerprint density at radius 2 is 1.91 bits per heavy atom. The first-order chi connectivity index (χ1) is 15.6. The van der Waals surface area contributed by atoms with Crippen LogP contribution in [0.5, 0.6) is 0 Å². The fraction of sp³-hybridized carbons (Fsp3) is 0.783. The minimum atomic E-state index is 0.183. The number of hydrogen-bond acceptors (Lipinski definition) is 7. The molecule has 1 atom stereocenters. The van der Waals surface area contributed by atoms with E-state index in [4.69, 9.17) is 9.73 Å². The zero-order valence-electron chi connectivity index (χ0n) is 20.2. The number of morpholine rings is 1. The van der Waals surface area contributed by atoms with E-state index in [1.807, 2.05) is 18.5 Å². The SMILES string of the molecule is CCNC(=NCC1CN(CC(C)C)CCO1)NCCCN1CCN(c2ncccn2)CC1. The zero-order chi connectivity index (χ0) is 22.6. The monoisotopic (exact) mass is 446 g/mol. The van der Waals surface area contributed by atoms with E-state index >= 15 is 0 Å². The van der Waals surface area contributed by atoms with Gasteiger partial charge in [-0.15, -0.1) is 0 Å². The molecule has 3 rings (SSSR count). The molecule has 0 radical (unpaired) electrons. The molecule has 0 aromatic carbocycles. The van der Waals surface area contributed by atoms with Crippen LogP contribution in [0.4, 0.5) is 5.95 Å². The molecule has 2 saturated heterocycles. The second-order valence-electron chi connectivity index (χ2n) is 9.02. The first kappa shape index (κ1) is 24.7. The molecule has 180 valence electrons. The van der Waals surface area contributed by atoms with Gasteiger partial charge in [0.05, 0.1) is 19.3 Å². The molecule has 1 aromatic heterocycles.